The topological polar surface area (TPSA) is 47.1 Å². The van der Waals surface area contributed by atoms with Gasteiger partial charge in [0, 0.05) is 38.9 Å². The van der Waals surface area contributed by atoms with Crippen molar-refractivity contribution in [2.45, 2.75) is 57.2 Å². The standard InChI is InChI=1S/C38H42F3N3O3/c39-38(40,41)33-18-19-42-21-34(33)44-20-10-17-32(23-44)22-43-24-35(45-26-29-11-4-1-5-12-29)37(47-28-31-15-8-3-9-16-31)36(25-43)46-27-30-13-6-2-7-14-30/h1-9,11-16,18-19,21,32,35-37H,10,17,20,22-28H2/t32-,35-,36+,37?/m0/s1. The minimum atomic E-state index is -4.43. The van der Waals surface area contributed by atoms with Gasteiger partial charge in [-0.15, -0.1) is 0 Å². The molecule has 0 saturated carbocycles. The Morgan fingerprint density at radius 1 is 0.681 bits per heavy atom. The Labute approximate surface area is 275 Å². The van der Waals surface area contributed by atoms with E-state index in [1.807, 2.05) is 83.8 Å². The number of likely N-dealkylation sites (tertiary alicyclic amines) is 1. The number of alkyl halides is 3. The number of nitrogens with zero attached hydrogens (tertiary/aromatic N) is 3. The summed E-state index contributed by atoms with van der Waals surface area (Å²) in [6.07, 6.45) is -0.981. The van der Waals surface area contributed by atoms with Crippen LogP contribution in [0.4, 0.5) is 18.9 Å². The molecule has 0 bridgehead atoms. The van der Waals surface area contributed by atoms with Gasteiger partial charge in [-0.2, -0.15) is 13.2 Å². The molecule has 3 heterocycles. The third-order valence-corrected chi connectivity index (χ3v) is 8.99. The largest absolute Gasteiger partial charge is 0.418 e. The van der Waals surface area contributed by atoms with Crippen LogP contribution in [0.15, 0.2) is 109 Å². The van der Waals surface area contributed by atoms with Crippen LogP contribution in [0.2, 0.25) is 0 Å². The SMILES string of the molecule is FC(F)(F)c1ccncc1N1CCC[C@@H](CN2C[C@H](OCc3ccccc3)C(OCc3ccccc3)[C@H](OCc3ccccc3)C2)C1. The summed E-state index contributed by atoms with van der Waals surface area (Å²) in [6.45, 7) is 4.41. The van der Waals surface area contributed by atoms with Gasteiger partial charge in [-0.3, -0.25) is 9.88 Å². The summed E-state index contributed by atoms with van der Waals surface area (Å²) in [5, 5.41) is 0. The number of hydrogen-bond donors (Lipinski definition) is 0. The lowest BCUT2D eigenvalue weighted by Crippen LogP contribution is -2.59. The van der Waals surface area contributed by atoms with Crippen molar-refractivity contribution < 1.29 is 27.4 Å². The molecule has 0 N–H and O–H groups in total. The van der Waals surface area contributed by atoms with E-state index in [2.05, 4.69) is 22.0 Å². The smallest absolute Gasteiger partial charge is 0.369 e. The molecule has 2 fully saturated rings. The van der Waals surface area contributed by atoms with Gasteiger partial charge in [0.25, 0.3) is 0 Å². The van der Waals surface area contributed by atoms with Crippen LogP contribution in [0.25, 0.3) is 0 Å². The Bertz CT molecular complexity index is 1460. The van der Waals surface area contributed by atoms with Crippen molar-refractivity contribution >= 4 is 5.69 Å². The summed E-state index contributed by atoms with van der Waals surface area (Å²) in [5.41, 5.74) is 2.76. The molecule has 47 heavy (non-hydrogen) atoms. The van der Waals surface area contributed by atoms with E-state index in [4.69, 9.17) is 14.2 Å². The van der Waals surface area contributed by atoms with E-state index >= 15 is 0 Å². The third-order valence-electron chi connectivity index (χ3n) is 8.99. The number of aromatic nitrogens is 1. The van der Waals surface area contributed by atoms with Crippen LogP contribution in [-0.2, 0) is 40.2 Å². The molecule has 2 saturated heterocycles. The minimum Gasteiger partial charge on any atom is -0.369 e. The van der Waals surface area contributed by atoms with Gasteiger partial charge in [0.05, 0.1) is 49.5 Å². The van der Waals surface area contributed by atoms with Crippen LogP contribution in [0.1, 0.15) is 35.1 Å². The summed E-state index contributed by atoms with van der Waals surface area (Å²) in [5.74, 6) is 0.177. The van der Waals surface area contributed by atoms with Crippen molar-refractivity contribution in [1.82, 2.24) is 9.88 Å². The molecule has 1 unspecified atom stereocenters. The number of pyridine rings is 1. The first-order valence-electron chi connectivity index (χ1n) is 16.4. The average Bonchev–Trinajstić information content (AvgIpc) is 3.10. The highest BCUT2D eigenvalue weighted by atomic mass is 19.4. The zero-order chi connectivity index (χ0) is 32.5. The van der Waals surface area contributed by atoms with Crippen LogP contribution in [0.3, 0.4) is 0 Å². The van der Waals surface area contributed by atoms with Crippen LogP contribution < -0.4 is 4.90 Å². The predicted octanol–water partition coefficient (Wildman–Crippen LogP) is 7.39. The third kappa shape index (κ3) is 9.20. The number of anilines is 1. The Morgan fingerprint density at radius 3 is 1.74 bits per heavy atom. The highest BCUT2D eigenvalue weighted by molar-refractivity contribution is 5.53. The summed E-state index contributed by atoms with van der Waals surface area (Å²) in [4.78, 5) is 8.24. The van der Waals surface area contributed by atoms with Crippen LogP contribution in [-0.4, -0.2) is 60.9 Å². The molecule has 0 spiro atoms. The van der Waals surface area contributed by atoms with Crippen molar-refractivity contribution in [3.05, 3.63) is 132 Å². The molecule has 248 valence electrons. The molecule has 0 radical (unpaired) electrons. The Hall–Kier alpha value is -3.76. The van der Waals surface area contributed by atoms with Gasteiger partial charge in [-0.1, -0.05) is 91.0 Å². The number of halogens is 3. The van der Waals surface area contributed by atoms with E-state index < -0.39 is 11.7 Å². The van der Waals surface area contributed by atoms with Gasteiger partial charge in [0.15, 0.2) is 0 Å². The number of ether oxygens (including phenoxy) is 3. The lowest BCUT2D eigenvalue weighted by Gasteiger charge is -2.45. The maximum Gasteiger partial charge on any atom is 0.418 e. The second-order valence-corrected chi connectivity index (χ2v) is 12.5. The van der Waals surface area contributed by atoms with Gasteiger partial charge >= 0.3 is 6.18 Å². The molecule has 0 amide bonds. The normalized spacial score (nSPS) is 22.3. The molecule has 0 aliphatic carbocycles. The van der Waals surface area contributed by atoms with Crippen LogP contribution in [0.5, 0.6) is 0 Å². The molecule has 9 heteroatoms. The molecular formula is C38H42F3N3O3. The van der Waals surface area contributed by atoms with Crippen molar-refractivity contribution in [1.29, 1.82) is 0 Å². The molecule has 6 nitrogen and oxygen atoms in total. The Balaban J connectivity index is 1.20. The van der Waals surface area contributed by atoms with Crippen LogP contribution in [0, 0.1) is 5.92 Å². The van der Waals surface area contributed by atoms with Crippen molar-refractivity contribution in [2.24, 2.45) is 5.92 Å². The lowest BCUT2D eigenvalue weighted by atomic mass is 9.94. The van der Waals surface area contributed by atoms with Gasteiger partial charge in [0.1, 0.15) is 6.10 Å². The Kier molecular flexibility index (Phi) is 11.2. The number of benzene rings is 3. The molecule has 2 aliphatic rings. The molecule has 2 aliphatic heterocycles. The lowest BCUT2D eigenvalue weighted by molar-refractivity contribution is -0.185. The van der Waals surface area contributed by atoms with Gasteiger partial charge in [0.2, 0.25) is 0 Å². The first-order chi connectivity index (χ1) is 22.9. The zero-order valence-corrected chi connectivity index (χ0v) is 26.5. The molecular weight excluding hydrogens is 603 g/mol. The first kappa shape index (κ1) is 33.2. The highest BCUT2D eigenvalue weighted by Crippen LogP contribution is 2.37. The quantitative estimate of drug-likeness (QED) is 0.160. The van der Waals surface area contributed by atoms with Crippen molar-refractivity contribution in [3.63, 3.8) is 0 Å². The zero-order valence-electron chi connectivity index (χ0n) is 26.5. The molecule has 4 atom stereocenters. The maximum atomic E-state index is 13.9. The molecule has 6 rings (SSSR count). The minimum absolute atomic E-state index is 0.158. The average molecular weight is 646 g/mol. The number of piperidine rings is 2. The second kappa shape index (κ2) is 15.9. The van der Waals surface area contributed by atoms with E-state index in [1.165, 1.54) is 12.4 Å². The van der Waals surface area contributed by atoms with Gasteiger partial charge in [-0.05, 0) is 41.5 Å². The second-order valence-electron chi connectivity index (χ2n) is 12.5. The van der Waals surface area contributed by atoms with E-state index in [0.29, 0.717) is 46.0 Å². The van der Waals surface area contributed by atoms with Crippen LogP contribution >= 0.6 is 0 Å². The highest BCUT2D eigenvalue weighted by Gasteiger charge is 2.41. The fourth-order valence-electron chi connectivity index (χ4n) is 6.69. The summed E-state index contributed by atoms with van der Waals surface area (Å²) in [6, 6.07) is 31.4. The van der Waals surface area contributed by atoms with E-state index in [-0.39, 0.29) is 29.9 Å². The van der Waals surface area contributed by atoms with Crippen molar-refractivity contribution in [3.8, 4) is 0 Å². The fourth-order valence-corrected chi connectivity index (χ4v) is 6.69. The van der Waals surface area contributed by atoms with Gasteiger partial charge < -0.3 is 19.1 Å². The maximum absolute atomic E-state index is 13.9. The molecule has 4 aromatic rings. The number of hydrogen-bond acceptors (Lipinski definition) is 6. The molecule has 1 aromatic heterocycles. The van der Waals surface area contributed by atoms with E-state index in [1.54, 1.807) is 0 Å². The predicted molar refractivity (Wildman–Crippen MR) is 176 cm³/mol. The summed E-state index contributed by atoms with van der Waals surface area (Å²) < 4.78 is 61.4. The fraction of sp³-hybridized carbons (Fsp3) is 0.395. The first-order valence-corrected chi connectivity index (χ1v) is 16.4. The monoisotopic (exact) mass is 645 g/mol. The summed E-state index contributed by atoms with van der Waals surface area (Å²) in [7, 11) is 0. The van der Waals surface area contributed by atoms with Crippen molar-refractivity contribution in [2.75, 3.05) is 37.6 Å². The van der Waals surface area contributed by atoms with E-state index in [0.717, 1.165) is 42.1 Å². The number of rotatable bonds is 12. The Morgan fingerprint density at radius 2 is 1.21 bits per heavy atom. The van der Waals surface area contributed by atoms with Gasteiger partial charge in [-0.25, -0.2) is 0 Å². The molecule has 3 aromatic carbocycles. The summed E-state index contributed by atoms with van der Waals surface area (Å²) >= 11 is 0. The van der Waals surface area contributed by atoms with E-state index in [9.17, 15) is 13.2 Å².